The number of benzene rings is 2. The Labute approximate surface area is 228 Å². The fourth-order valence-corrected chi connectivity index (χ4v) is 5.06. The van der Waals surface area contributed by atoms with Gasteiger partial charge in [0, 0.05) is 23.7 Å². The van der Waals surface area contributed by atoms with E-state index >= 15 is 0 Å². The van der Waals surface area contributed by atoms with Crippen molar-refractivity contribution in [3.8, 4) is 0 Å². The van der Waals surface area contributed by atoms with E-state index in [1.165, 1.54) is 6.07 Å². The van der Waals surface area contributed by atoms with Crippen molar-refractivity contribution in [2.75, 3.05) is 10.6 Å². The number of carboxylic acids is 1. The Morgan fingerprint density at radius 3 is 2.33 bits per heavy atom. The van der Waals surface area contributed by atoms with Crippen LogP contribution in [0.2, 0.25) is 0 Å². The number of alkyl halides is 3. The van der Waals surface area contributed by atoms with Crippen molar-refractivity contribution in [1.82, 2.24) is 4.98 Å². The van der Waals surface area contributed by atoms with E-state index in [0.717, 1.165) is 47.2 Å². The Bertz CT molecular complexity index is 1470. The van der Waals surface area contributed by atoms with Crippen LogP contribution in [0.3, 0.4) is 0 Å². The summed E-state index contributed by atoms with van der Waals surface area (Å²) in [5.74, 6) is -1.51. The van der Waals surface area contributed by atoms with E-state index in [1.54, 1.807) is 6.20 Å². The molecule has 1 fully saturated rings. The minimum atomic E-state index is -4.67. The smallest absolute Gasteiger partial charge is 0.416 e. The number of nitrogens with zero attached hydrogens (tertiary/aromatic N) is 1. The van der Waals surface area contributed by atoms with Crippen LogP contribution in [0.25, 0.3) is 0 Å². The molecule has 2 aliphatic carbocycles. The summed E-state index contributed by atoms with van der Waals surface area (Å²) in [5, 5.41) is 14.5. The number of anilines is 2. The third kappa shape index (κ3) is 6.86. The maximum absolute atomic E-state index is 13.4. The lowest BCUT2D eigenvalue weighted by Gasteiger charge is -2.25. The molecule has 0 bridgehead atoms. The van der Waals surface area contributed by atoms with Gasteiger partial charge in [-0.2, -0.15) is 13.2 Å². The maximum Gasteiger partial charge on any atom is 0.416 e. The number of pyridine rings is 1. The van der Waals surface area contributed by atoms with E-state index in [9.17, 15) is 27.6 Å². The highest BCUT2D eigenvalue weighted by atomic mass is 19.4. The number of rotatable bonds is 8. The van der Waals surface area contributed by atoms with Gasteiger partial charge in [0.25, 0.3) is 0 Å². The van der Waals surface area contributed by atoms with Crippen molar-refractivity contribution in [3.63, 3.8) is 0 Å². The first-order chi connectivity index (χ1) is 19.0. The highest BCUT2D eigenvalue weighted by molar-refractivity contribution is 5.94. The summed E-state index contributed by atoms with van der Waals surface area (Å²) < 4.78 is 40.1. The molecule has 0 radical (unpaired) electrons. The van der Waals surface area contributed by atoms with Gasteiger partial charge in [0.2, 0.25) is 11.8 Å². The highest BCUT2D eigenvalue weighted by Crippen LogP contribution is 2.34. The molecule has 0 aliphatic heterocycles. The van der Waals surface area contributed by atoms with Gasteiger partial charge in [-0.1, -0.05) is 18.2 Å². The van der Waals surface area contributed by atoms with Crippen LogP contribution in [0.15, 0.2) is 54.7 Å². The molecule has 1 saturated carbocycles. The van der Waals surface area contributed by atoms with Gasteiger partial charge >= 0.3 is 12.1 Å². The second-order valence-electron chi connectivity index (χ2n) is 10.5. The van der Waals surface area contributed by atoms with Crippen molar-refractivity contribution in [2.45, 2.75) is 51.1 Å². The first-order valence-corrected chi connectivity index (χ1v) is 13.1. The quantitative estimate of drug-likeness (QED) is 0.347. The zero-order valence-electron chi connectivity index (χ0n) is 21.6. The molecule has 7 nitrogen and oxygen atoms in total. The number of aromatic nitrogens is 1. The summed E-state index contributed by atoms with van der Waals surface area (Å²) in [6, 6.07) is 12.7. The minimum absolute atomic E-state index is 0.00834. The van der Waals surface area contributed by atoms with E-state index in [-0.39, 0.29) is 23.1 Å². The van der Waals surface area contributed by atoms with Crippen molar-refractivity contribution in [3.05, 3.63) is 88.1 Å². The molecule has 208 valence electrons. The number of hydrogen-bond donors (Lipinski definition) is 3. The number of aryl methyl sites for hydroxylation is 1. The van der Waals surface area contributed by atoms with E-state index in [1.807, 2.05) is 30.3 Å². The second kappa shape index (κ2) is 11.1. The lowest BCUT2D eigenvalue weighted by atomic mass is 9.82. The number of hydrogen-bond acceptors (Lipinski definition) is 4. The largest absolute Gasteiger partial charge is 0.481 e. The molecular weight excluding hydrogens is 523 g/mol. The van der Waals surface area contributed by atoms with Crippen LogP contribution in [0.5, 0.6) is 0 Å². The van der Waals surface area contributed by atoms with Gasteiger partial charge in [-0.15, -0.1) is 0 Å². The molecule has 1 unspecified atom stereocenters. The maximum atomic E-state index is 13.4. The summed E-state index contributed by atoms with van der Waals surface area (Å²) in [4.78, 5) is 40.4. The third-order valence-electron chi connectivity index (χ3n) is 7.24. The van der Waals surface area contributed by atoms with E-state index in [2.05, 4.69) is 15.6 Å². The molecule has 1 aromatic heterocycles. The van der Waals surface area contributed by atoms with Crippen LogP contribution >= 0.6 is 0 Å². The summed E-state index contributed by atoms with van der Waals surface area (Å²) in [6.07, 6.45) is 0.471. The van der Waals surface area contributed by atoms with Crippen LogP contribution in [0.1, 0.15) is 52.6 Å². The zero-order chi connectivity index (χ0) is 28.4. The number of fused-ring (bicyclic) bond motifs is 1. The normalized spacial score (nSPS) is 16.6. The molecule has 1 heterocycles. The molecule has 2 amide bonds. The number of amides is 2. The van der Waals surface area contributed by atoms with Crippen LogP contribution < -0.4 is 10.6 Å². The number of carbonyl (C=O) groups excluding carboxylic acids is 2. The zero-order valence-corrected chi connectivity index (χ0v) is 21.6. The molecule has 0 spiro atoms. The molecule has 3 aromatic rings. The molecule has 1 atom stereocenters. The van der Waals surface area contributed by atoms with Crippen LogP contribution in [0.4, 0.5) is 24.7 Å². The van der Waals surface area contributed by atoms with Crippen molar-refractivity contribution < 1.29 is 32.7 Å². The van der Waals surface area contributed by atoms with Gasteiger partial charge < -0.3 is 15.7 Å². The van der Waals surface area contributed by atoms with Gasteiger partial charge in [-0.05, 0) is 96.7 Å². The Hall–Kier alpha value is -4.21. The molecule has 2 aliphatic rings. The summed E-state index contributed by atoms with van der Waals surface area (Å²) in [7, 11) is 0. The standard InChI is InChI=1S/C30H28F3N3O4/c31-30(32,33)24-11-19(14-27(37)38)12-25(16-24)35-29(40)22-6-3-20-2-1-17(10-23(20)15-22)9-18-7-8-34-26(13-18)36-28(39)21-4-5-21/h1-2,7-8,10-13,16,21-22H,3-6,9,14-15H2,(H,35,40)(H,37,38)(H,34,36,39). The number of carboxylic acid groups (broad SMARTS) is 1. The third-order valence-corrected chi connectivity index (χ3v) is 7.24. The highest BCUT2D eigenvalue weighted by Gasteiger charge is 2.32. The lowest BCUT2D eigenvalue weighted by Crippen LogP contribution is -2.28. The van der Waals surface area contributed by atoms with Crippen molar-refractivity contribution >= 4 is 29.3 Å². The summed E-state index contributed by atoms with van der Waals surface area (Å²) in [5.41, 5.74) is 3.03. The SMILES string of the molecule is O=C(O)Cc1cc(NC(=O)C2CCc3ccc(Cc4ccnc(NC(=O)C5CC5)c4)cc3C2)cc(C(F)(F)F)c1. The summed E-state index contributed by atoms with van der Waals surface area (Å²) in [6.45, 7) is 0. The number of aliphatic carboxylic acids is 1. The van der Waals surface area contributed by atoms with Crippen molar-refractivity contribution in [1.29, 1.82) is 0 Å². The Balaban J connectivity index is 1.27. The first-order valence-electron chi connectivity index (χ1n) is 13.1. The molecule has 5 rings (SSSR count). The predicted octanol–water partition coefficient (Wildman–Crippen LogP) is 5.41. The molecular formula is C30H28F3N3O4. The van der Waals surface area contributed by atoms with E-state index in [0.29, 0.717) is 31.5 Å². The second-order valence-corrected chi connectivity index (χ2v) is 10.5. The molecule has 3 N–H and O–H groups in total. The average Bonchev–Trinajstić information content (AvgIpc) is 3.73. The fourth-order valence-electron chi connectivity index (χ4n) is 5.06. The number of halogens is 3. The number of nitrogens with one attached hydrogen (secondary N) is 2. The van der Waals surface area contributed by atoms with Crippen LogP contribution in [0, 0.1) is 11.8 Å². The predicted molar refractivity (Wildman–Crippen MR) is 142 cm³/mol. The monoisotopic (exact) mass is 551 g/mol. The summed E-state index contributed by atoms with van der Waals surface area (Å²) >= 11 is 0. The fraction of sp³-hybridized carbons (Fsp3) is 0.333. The molecule has 0 saturated heterocycles. The topological polar surface area (TPSA) is 108 Å². The minimum Gasteiger partial charge on any atom is -0.481 e. The van der Waals surface area contributed by atoms with Crippen molar-refractivity contribution in [2.24, 2.45) is 11.8 Å². The van der Waals surface area contributed by atoms with Gasteiger partial charge in [-0.3, -0.25) is 14.4 Å². The number of carbonyl (C=O) groups is 3. The Kier molecular flexibility index (Phi) is 7.60. The van der Waals surface area contributed by atoms with E-state index < -0.39 is 36.0 Å². The Morgan fingerprint density at radius 1 is 0.850 bits per heavy atom. The van der Waals surface area contributed by atoms with Gasteiger partial charge in [0.05, 0.1) is 12.0 Å². The Morgan fingerprint density at radius 2 is 1.60 bits per heavy atom. The molecule has 40 heavy (non-hydrogen) atoms. The van der Waals surface area contributed by atoms with Gasteiger partial charge in [0.15, 0.2) is 0 Å². The average molecular weight is 552 g/mol. The van der Waals surface area contributed by atoms with E-state index in [4.69, 9.17) is 5.11 Å². The van der Waals surface area contributed by atoms with Gasteiger partial charge in [-0.25, -0.2) is 4.98 Å². The first kappa shape index (κ1) is 27.4. The van der Waals surface area contributed by atoms with Crippen LogP contribution in [-0.2, 0) is 46.2 Å². The molecule has 10 heteroatoms. The van der Waals surface area contributed by atoms with Gasteiger partial charge in [0.1, 0.15) is 5.82 Å². The lowest BCUT2D eigenvalue weighted by molar-refractivity contribution is -0.138. The van der Waals surface area contributed by atoms with Crippen LogP contribution in [-0.4, -0.2) is 27.9 Å². The molecule has 2 aromatic carbocycles.